The Labute approximate surface area is 96.3 Å². The molecule has 0 unspecified atom stereocenters. The number of hydrogen-bond acceptors (Lipinski definition) is 3. The molecule has 0 fully saturated rings. The van der Waals surface area contributed by atoms with Crippen molar-refractivity contribution in [3.8, 4) is 0 Å². The maximum absolute atomic E-state index is 11.8. The lowest BCUT2D eigenvalue weighted by molar-refractivity contribution is 0.621. The van der Waals surface area contributed by atoms with Crippen LogP contribution in [0.25, 0.3) is 0 Å². The molecule has 1 aromatic rings. The van der Waals surface area contributed by atoms with Crippen LogP contribution >= 0.6 is 0 Å². The Kier molecular flexibility index (Phi) is 4.68. The highest BCUT2D eigenvalue weighted by atomic mass is 16.1. The fourth-order valence-electron chi connectivity index (χ4n) is 1.76. The van der Waals surface area contributed by atoms with E-state index in [1.807, 2.05) is 6.92 Å². The Hall–Kier alpha value is -1.16. The number of hydrogen-bond donors (Lipinski definition) is 2. The number of nitrogens with zero attached hydrogens (tertiary/aromatic N) is 1. The van der Waals surface area contributed by atoms with Crippen molar-refractivity contribution < 1.29 is 0 Å². The van der Waals surface area contributed by atoms with Gasteiger partial charge in [-0.1, -0.05) is 13.8 Å². The molecule has 0 bridgehead atoms. The van der Waals surface area contributed by atoms with Crippen molar-refractivity contribution in [1.29, 1.82) is 0 Å². The monoisotopic (exact) mass is 223 g/mol. The third kappa shape index (κ3) is 3.45. The largest absolute Gasteiger partial charge is 0.330 e. The van der Waals surface area contributed by atoms with Crippen molar-refractivity contribution in [1.82, 2.24) is 9.97 Å². The molecule has 16 heavy (non-hydrogen) atoms. The Morgan fingerprint density at radius 1 is 1.44 bits per heavy atom. The van der Waals surface area contributed by atoms with Gasteiger partial charge in [-0.15, -0.1) is 0 Å². The zero-order chi connectivity index (χ0) is 12.1. The molecule has 1 aromatic heterocycles. The van der Waals surface area contributed by atoms with Crippen LogP contribution in [-0.4, -0.2) is 16.5 Å². The fraction of sp³-hybridized carbons (Fsp3) is 0.667. The van der Waals surface area contributed by atoms with E-state index in [1.54, 1.807) is 0 Å². The number of nitrogens with one attached hydrogen (secondary N) is 1. The quantitative estimate of drug-likeness (QED) is 0.787. The van der Waals surface area contributed by atoms with E-state index < -0.39 is 0 Å². The molecule has 0 atom stereocenters. The minimum absolute atomic E-state index is 0.00315. The van der Waals surface area contributed by atoms with Crippen LogP contribution in [0.15, 0.2) is 4.79 Å². The van der Waals surface area contributed by atoms with Crippen molar-refractivity contribution in [3.63, 3.8) is 0 Å². The first-order chi connectivity index (χ1) is 7.54. The SMILES string of the molecule is Cc1nc(CC(C)C)c(CCCN)c(=O)[nH]1. The standard InChI is InChI=1S/C12H21N3O/c1-8(2)7-11-10(5-4-6-13)12(16)15-9(3)14-11/h8H,4-7,13H2,1-3H3,(H,14,15,16). The molecule has 0 spiro atoms. The predicted molar refractivity (Wildman–Crippen MR) is 65.5 cm³/mol. The Morgan fingerprint density at radius 2 is 2.12 bits per heavy atom. The minimum Gasteiger partial charge on any atom is -0.330 e. The van der Waals surface area contributed by atoms with E-state index in [0.29, 0.717) is 18.3 Å². The van der Waals surface area contributed by atoms with Gasteiger partial charge in [-0.2, -0.15) is 0 Å². The molecule has 0 aliphatic heterocycles. The van der Waals surface area contributed by atoms with E-state index >= 15 is 0 Å². The number of aryl methyl sites for hydroxylation is 1. The lowest BCUT2D eigenvalue weighted by Crippen LogP contribution is -2.21. The topological polar surface area (TPSA) is 71.8 Å². The first-order valence-electron chi connectivity index (χ1n) is 5.83. The van der Waals surface area contributed by atoms with Gasteiger partial charge in [0.1, 0.15) is 5.82 Å². The Morgan fingerprint density at radius 3 is 2.69 bits per heavy atom. The van der Waals surface area contributed by atoms with Crippen LogP contribution in [0.1, 0.15) is 37.4 Å². The molecule has 0 radical (unpaired) electrons. The summed E-state index contributed by atoms with van der Waals surface area (Å²) < 4.78 is 0. The van der Waals surface area contributed by atoms with Crippen molar-refractivity contribution in [2.75, 3.05) is 6.54 Å². The maximum Gasteiger partial charge on any atom is 0.254 e. The molecule has 4 heteroatoms. The first kappa shape index (κ1) is 12.9. The van der Waals surface area contributed by atoms with Gasteiger partial charge in [0.25, 0.3) is 5.56 Å². The second kappa shape index (κ2) is 5.80. The number of nitrogens with two attached hydrogens (primary N) is 1. The third-order valence-electron chi connectivity index (χ3n) is 2.45. The van der Waals surface area contributed by atoms with Crippen LogP contribution in [-0.2, 0) is 12.8 Å². The maximum atomic E-state index is 11.8. The summed E-state index contributed by atoms with van der Waals surface area (Å²) >= 11 is 0. The van der Waals surface area contributed by atoms with Gasteiger partial charge in [0, 0.05) is 5.56 Å². The van der Waals surface area contributed by atoms with Crippen molar-refractivity contribution in [2.45, 2.75) is 40.0 Å². The summed E-state index contributed by atoms with van der Waals surface area (Å²) in [7, 11) is 0. The Balaban J connectivity index is 3.05. The molecular formula is C12H21N3O. The van der Waals surface area contributed by atoms with Gasteiger partial charge in [0.2, 0.25) is 0 Å². The van der Waals surface area contributed by atoms with Crippen molar-refractivity contribution in [3.05, 3.63) is 27.4 Å². The summed E-state index contributed by atoms with van der Waals surface area (Å²) in [6.07, 6.45) is 2.41. The predicted octanol–water partition coefficient (Wildman–Crippen LogP) is 1.17. The highest BCUT2D eigenvalue weighted by Crippen LogP contribution is 2.09. The van der Waals surface area contributed by atoms with Crippen LogP contribution < -0.4 is 11.3 Å². The van der Waals surface area contributed by atoms with Gasteiger partial charge in [-0.05, 0) is 38.6 Å². The minimum atomic E-state index is -0.00315. The van der Waals surface area contributed by atoms with E-state index in [2.05, 4.69) is 23.8 Å². The highest BCUT2D eigenvalue weighted by Gasteiger charge is 2.11. The van der Waals surface area contributed by atoms with Crippen molar-refractivity contribution in [2.24, 2.45) is 11.7 Å². The molecule has 0 saturated carbocycles. The van der Waals surface area contributed by atoms with Crippen LogP contribution in [0.5, 0.6) is 0 Å². The van der Waals surface area contributed by atoms with Crippen molar-refractivity contribution >= 4 is 0 Å². The van der Waals surface area contributed by atoms with E-state index in [4.69, 9.17) is 5.73 Å². The van der Waals surface area contributed by atoms with E-state index in [0.717, 1.165) is 30.5 Å². The second-order valence-corrected chi connectivity index (χ2v) is 4.57. The molecule has 90 valence electrons. The molecule has 3 N–H and O–H groups in total. The van der Waals surface area contributed by atoms with Gasteiger partial charge < -0.3 is 10.7 Å². The van der Waals surface area contributed by atoms with E-state index in [1.165, 1.54) is 0 Å². The number of H-pyrrole nitrogens is 1. The molecular weight excluding hydrogens is 202 g/mol. The summed E-state index contributed by atoms with van der Waals surface area (Å²) in [6, 6.07) is 0. The molecule has 0 aromatic carbocycles. The number of rotatable bonds is 5. The summed E-state index contributed by atoms with van der Waals surface area (Å²) in [5.74, 6) is 1.20. The van der Waals surface area contributed by atoms with Gasteiger partial charge in [-0.3, -0.25) is 4.79 Å². The van der Waals surface area contributed by atoms with E-state index in [9.17, 15) is 4.79 Å². The normalized spacial score (nSPS) is 11.1. The number of aromatic amines is 1. The summed E-state index contributed by atoms with van der Waals surface area (Å²) in [5, 5.41) is 0. The molecule has 0 aliphatic rings. The average Bonchev–Trinajstić information content (AvgIpc) is 2.15. The second-order valence-electron chi connectivity index (χ2n) is 4.57. The fourth-order valence-corrected chi connectivity index (χ4v) is 1.76. The molecule has 1 rings (SSSR count). The smallest absolute Gasteiger partial charge is 0.254 e. The molecule has 1 heterocycles. The zero-order valence-electron chi connectivity index (χ0n) is 10.3. The highest BCUT2D eigenvalue weighted by molar-refractivity contribution is 5.18. The van der Waals surface area contributed by atoms with Crippen LogP contribution in [0.4, 0.5) is 0 Å². The molecule has 0 amide bonds. The van der Waals surface area contributed by atoms with Gasteiger partial charge in [0.15, 0.2) is 0 Å². The van der Waals surface area contributed by atoms with Crippen LogP contribution in [0, 0.1) is 12.8 Å². The molecule has 4 nitrogen and oxygen atoms in total. The number of aromatic nitrogens is 2. The Bertz CT molecular complexity index is 396. The lowest BCUT2D eigenvalue weighted by atomic mass is 10.0. The van der Waals surface area contributed by atoms with Gasteiger partial charge >= 0.3 is 0 Å². The van der Waals surface area contributed by atoms with E-state index in [-0.39, 0.29) is 5.56 Å². The summed E-state index contributed by atoms with van der Waals surface area (Å²) in [5.41, 5.74) is 7.22. The lowest BCUT2D eigenvalue weighted by Gasteiger charge is -2.10. The van der Waals surface area contributed by atoms with Gasteiger partial charge in [-0.25, -0.2) is 4.98 Å². The van der Waals surface area contributed by atoms with Crippen LogP contribution in [0.3, 0.4) is 0 Å². The first-order valence-corrected chi connectivity index (χ1v) is 5.83. The average molecular weight is 223 g/mol. The molecule has 0 aliphatic carbocycles. The van der Waals surface area contributed by atoms with Gasteiger partial charge in [0.05, 0.1) is 5.69 Å². The third-order valence-corrected chi connectivity index (χ3v) is 2.45. The zero-order valence-corrected chi connectivity index (χ0v) is 10.3. The summed E-state index contributed by atoms with van der Waals surface area (Å²) in [4.78, 5) is 19.0. The van der Waals surface area contributed by atoms with Crippen LogP contribution in [0.2, 0.25) is 0 Å². The molecule has 0 saturated heterocycles. The summed E-state index contributed by atoms with van der Waals surface area (Å²) in [6.45, 7) is 6.68.